The second-order valence-corrected chi connectivity index (χ2v) is 9.55. The van der Waals surface area contributed by atoms with E-state index < -0.39 is 0 Å². The Hall–Kier alpha value is -1.73. The molecule has 6 nitrogen and oxygen atoms in total. The minimum absolute atomic E-state index is 0.0152. The Bertz CT molecular complexity index is 677. The molecule has 1 amide bonds. The van der Waals surface area contributed by atoms with Crippen molar-refractivity contribution in [2.24, 2.45) is 16.6 Å². The number of amides is 1. The van der Waals surface area contributed by atoms with E-state index in [4.69, 9.17) is 5.73 Å². The normalized spacial score (nSPS) is 18.7. The highest BCUT2D eigenvalue weighted by atomic mass is 32.2. The summed E-state index contributed by atoms with van der Waals surface area (Å²) in [5.74, 6) is 0.623. The van der Waals surface area contributed by atoms with E-state index in [0.717, 1.165) is 51.5 Å². The second-order valence-electron chi connectivity index (χ2n) is 8.04. The zero-order chi connectivity index (χ0) is 20.6. The molecule has 0 saturated carbocycles. The van der Waals surface area contributed by atoms with Gasteiger partial charge in [-0.15, -0.1) is 0 Å². The highest BCUT2D eigenvalue weighted by Gasteiger charge is 2.23. The highest BCUT2D eigenvalue weighted by molar-refractivity contribution is 7.99. The van der Waals surface area contributed by atoms with Gasteiger partial charge >= 0.3 is 0 Å². The van der Waals surface area contributed by atoms with Gasteiger partial charge in [-0.3, -0.25) is 14.7 Å². The molecule has 0 aromatic heterocycles. The lowest BCUT2D eigenvalue weighted by atomic mass is 9.97. The SMILES string of the molecule is CN=C(NCc1cccc(CN2CCCC(C(N)=O)C2)c1)NCC(C)(C)SC. The van der Waals surface area contributed by atoms with Crippen LogP contribution in [0, 0.1) is 5.92 Å². The molecule has 2 rings (SSSR count). The van der Waals surface area contributed by atoms with Crippen molar-refractivity contribution in [2.45, 2.75) is 44.5 Å². The number of piperidine rings is 1. The van der Waals surface area contributed by atoms with Crippen LogP contribution in [0.3, 0.4) is 0 Å². The average Bonchev–Trinajstić information content (AvgIpc) is 2.68. The number of hydrogen-bond acceptors (Lipinski definition) is 4. The van der Waals surface area contributed by atoms with Crippen molar-refractivity contribution < 1.29 is 4.79 Å². The molecule has 1 saturated heterocycles. The van der Waals surface area contributed by atoms with Gasteiger partial charge in [0.1, 0.15) is 0 Å². The van der Waals surface area contributed by atoms with Crippen LogP contribution in [0.1, 0.15) is 37.8 Å². The van der Waals surface area contributed by atoms with E-state index >= 15 is 0 Å². The number of nitrogens with zero attached hydrogens (tertiary/aromatic N) is 2. The van der Waals surface area contributed by atoms with Crippen LogP contribution < -0.4 is 16.4 Å². The summed E-state index contributed by atoms with van der Waals surface area (Å²) in [6.07, 6.45) is 4.07. The molecule has 1 unspecified atom stereocenters. The summed E-state index contributed by atoms with van der Waals surface area (Å²) in [6.45, 7) is 8.64. The van der Waals surface area contributed by atoms with E-state index in [1.54, 1.807) is 7.05 Å². The van der Waals surface area contributed by atoms with Crippen molar-refractivity contribution in [3.63, 3.8) is 0 Å². The Morgan fingerprint density at radius 3 is 2.79 bits per heavy atom. The van der Waals surface area contributed by atoms with Crippen LogP contribution >= 0.6 is 11.8 Å². The molecule has 0 spiro atoms. The van der Waals surface area contributed by atoms with Crippen molar-refractivity contribution in [1.82, 2.24) is 15.5 Å². The molecule has 1 fully saturated rings. The molecule has 1 aliphatic heterocycles. The Kier molecular flexibility index (Phi) is 8.63. The zero-order valence-electron chi connectivity index (χ0n) is 17.6. The molecule has 156 valence electrons. The summed E-state index contributed by atoms with van der Waals surface area (Å²) in [6, 6.07) is 8.58. The number of likely N-dealkylation sites (tertiary alicyclic amines) is 1. The van der Waals surface area contributed by atoms with Gasteiger partial charge in [0, 0.05) is 38.0 Å². The molecule has 0 aliphatic carbocycles. The second kappa shape index (κ2) is 10.7. The fraction of sp³-hybridized carbons (Fsp3) is 0.619. The first-order valence-electron chi connectivity index (χ1n) is 9.92. The van der Waals surface area contributed by atoms with Crippen LogP contribution in [0.5, 0.6) is 0 Å². The predicted octanol–water partition coefficient (Wildman–Crippen LogP) is 2.19. The van der Waals surface area contributed by atoms with Crippen molar-refractivity contribution in [3.8, 4) is 0 Å². The molecule has 1 aromatic rings. The molecule has 0 radical (unpaired) electrons. The minimum Gasteiger partial charge on any atom is -0.369 e. The lowest BCUT2D eigenvalue weighted by Gasteiger charge is -2.31. The molecule has 4 N–H and O–H groups in total. The van der Waals surface area contributed by atoms with Crippen LogP contribution in [0.25, 0.3) is 0 Å². The summed E-state index contributed by atoms with van der Waals surface area (Å²) < 4.78 is 0.161. The van der Waals surface area contributed by atoms with Crippen LogP contribution in [0.2, 0.25) is 0 Å². The van der Waals surface area contributed by atoms with Gasteiger partial charge in [0.15, 0.2) is 5.96 Å². The number of primary amides is 1. The topological polar surface area (TPSA) is 82.8 Å². The van der Waals surface area contributed by atoms with Crippen LogP contribution in [-0.2, 0) is 17.9 Å². The van der Waals surface area contributed by atoms with Crippen molar-refractivity contribution in [1.29, 1.82) is 0 Å². The molecule has 0 bridgehead atoms. The van der Waals surface area contributed by atoms with E-state index in [-0.39, 0.29) is 16.6 Å². The number of nitrogens with one attached hydrogen (secondary N) is 2. The maximum Gasteiger partial charge on any atom is 0.221 e. The lowest BCUT2D eigenvalue weighted by molar-refractivity contribution is -0.123. The smallest absolute Gasteiger partial charge is 0.221 e. The van der Waals surface area contributed by atoms with E-state index in [9.17, 15) is 4.79 Å². The number of nitrogens with two attached hydrogens (primary N) is 1. The largest absolute Gasteiger partial charge is 0.369 e. The van der Waals surface area contributed by atoms with E-state index in [1.165, 1.54) is 11.1 Å². The molecular weight excluding hydrogens is 370 g/mol. The maximum atomic E-state index is 11.5. The molecular formula is C21H35N5OS. The molecule has 1 aromatic carbocycles. The highest BCUT2D eigenvalue weighted by Crippen LogP contribution is 2.20. The zero-order valence-corrected chi connectivity index (χ0v) is 18.4. The minimum atomic E-state index is -0.175. The third kappa shape index (κ3) is 7.36. The van der Waals surface area contributed by atoms with Crippen LogP contribution in [-0.4, -0.2) is 54.5 Å². The van der Waals surface area contributed by atoms with Crippen molar-refractivity contribution in [2.75, 3.05) is 32.9 Å². The third-order valence-electron chi connectivity index (χ3n) is 5.22. The van der Waals surface area contributed by atoms with Gasteiger partial charge in [-0.05, 0) is 50.6 Å². The number of hydrogen-bond donors (Lipinski definition) is 3. The summed E-state index contributed by atoms with van der Waals surface area (Å²) in [4.78, 5) is 18.1. The number of carbonyl (C=O) groups excluding carboxylic acids is 1. The number of carbonyl (C=O) groups is 1. The summed E-state index contributed by atoms with van der Waals surface area (Å²) >= 11 is 1.84. The van der Waals surface area contributed by atoms with Gasteiger partial charge in [0.2, 0.25) is 5.91 Å². The average molecular weight is 406 g/mol. The molecule has 1 aliphatic rings. The molecule has 1 heterocycles. The van der Waals surface area contributed by atoms with Crippen LogP contribution in [0.15, 0.2) is 29.3 Å². The first-order chi connectivity index (χ1) is 13.3. The van der Waals surface area contributed by atoms with Gasteiger partial charge in [0.25, 0.3) is 0 Å². The van der Waals surface area contributed by atoms with Crippen LogP contribution in [0.4, 0.5) is 0 Å². The Morgan fingerprint density at radius 1 is 1.36 bits per heavy atom. The summed E-state index contributed by atoms with van der Waals surface area (Å²) in [5.41, 5.74) is 7.97. The van der Waals surface area contributed by atoms with E-state index in [2.05, 4.69) is 64.9 Å². The van der Waals surface area contributed by atoms with Gasteiger partial charge < -0.3 is 16.4 Å². The molecule has 28 heavy (non-hydrogen) atoms. The number of guanidine groups is 1. The Balaban J connectivity index is 1.87. The lowest BCUT2D eigenvalue weighted by Crippen LogP contribution is -2.43. The number of thioether (sulfide) groups is 1. The molecule has 7 heteroatoms. The van der Waals surface area contributed by atoms with Gasteiger partial charge in [-0.2, -0.15) is 11.8 Å². The third-order valence-corrected chi connectivity index (χ3v) is 6.47. The standard InChI is InChI=1S/C21H35N5OS/c1-21(2,28-4)15-25-20(23-3)24-12-16-7-5-8-17(11-16)13-26-10-6-9-18(14-26)19(22)27/h5,7-8,11,18H,6,9-10,12-15H2,1-4H3,(H2,22,27)(H2,23,24,25). The van der Waals surface area contributed by atoms with Gasteiger partial charge in [-0.1, -0.05) is 24.3 Å². The van der Waals surface area contributed by atoms with Gasteiger partial charge in [-0.25, -0.2) is 0 Å². The first-order valence-corrected chi connectivity index (χ1v) is 11.1. The van der Waals surface area contributed by atoms with Crippen molar-refractivity contribution >= 4 is 23.6 Å². The summed E-state index contributed by atoms with van der Waals surface area (Å²) in [5, 5.41) is 6.78. The first kappa shape index (κ1) is 22.6. The number of benzene rings is 1. The van der Waals surface area contributed by atoms with Gasteiger partial charge in [0.05, 0.1) is 5.92 Å². The number of rotatable bonds is 8. The quantitative estimate of drug-likeness (QED) is 0.456. The summed E-state index contributed by atoms with van der Waals surface area (Å²) in [7, 11) is 1.79. The monoisotopic (exact) mass is 405 g/mol. The maximum absolute atomic E-state index is 11.5. The molecule has 1 atom stereocenters. The predicted molar refractivity (Wildman–Crippen MR) is 119 cm³/mol. The Labute approximate surface area is 173 Å². The Morgan fingerprint density at radius 2 is 2.11 bits per heavy atom. The van der Waals surface area contributed by atoms with E-state index in [0.29, 0.717) is 0 Å². The van der Waals surface area contributed by atoms with Crippen molar-refractivity contribution in [3.05, 3.63) is 35.4 Å². The number of aliphatic imine (C=N–C) groups is 1. The fourth-order valence-corrected chi connectivity index (χ4v) is 3.52. The fourth-order valence-electron chi connectivity index (χ4n) is 3.30. The van der Waals surface area contributed by atoms with E-state index in [1.807, 2.05) is 11.8 Å².